The second-order valence-corrected chi connectivity index (χ2v) is 12.8. The highest BCUT2D eigenvalue weighted by Crippen LogP contribution is 2.38. The molecule has 5 heteroatoms. The summed E-state index contributed by atoms with van der Waals surface area (Å²) in [6.45, 7) is 13.1. The first kappa shape index (κ1) is 21.5. The van der Waals surface area contributed by atoms with Gasteiger partial charge in [0.2, 0.25) is 8.32 Å². The topological polar surface area (TPSA) is 48.1 Å². The molecule has 1 fully saturated rings. The summed E-state index contributed by atoms with van der Waals surface area (Å²) in [6.07, 6.45) is 12.5. The molecule has 0 unspecified atom stereocenters. The third kappa shape index (κ3) is 6.72. The van der Waals surface area contributed by atoms with E-state index in [0.29, 0.717) is 5.92 Å². The zero-order valence-electron chi connectivity index (χ0n) is 16.6. The van der Waals surface area contributed by atoms with Crippen molar-refractivity contribution in [2.45, 2.75) is 70.9 Å². The summed E-state index contributed by atoms with van der Waals surface area (Å²) in [5.74, 6) is 3.38. The van der Waals surface area contributed by atoms with Gasteiger partial charge in [-0.15, -0.1) is 6.42 Å². The molecule has 3 atom stereocenters. The summed E-state index contributed by atoms with van der Waals surface area (Å²) in [7, 11) is -0.611. The number of ether oxygens (including phenoxy) is 2. The fourth-order valence-electron chi connectivity index (χ4n) is 2.15. The Morgan fingerprint density at radius 2 is 2.00 bits per heavy atom. The minimum absolute atomic E-state index is 0.0267. The Morgan fingerprint density at radius 3 is 2.48 bits per heavy atom. The highest BCUT2D eigenvalue weighted by atomic mass is 28.4. The van der Waals surface area contributed by atoms with E-state index in [2.05, 4.69) is 51.4 Å². The first-order valence-electron chi connectivity index (χ1n) is 8.78. The highest BCUT2D eigenvalue weighted by molar-refractivity contribution is 6.74. The van der Waals surface area contributed by atoms with Crippen molar-refractivity contribution >= 4 is 14.3 Å². The third-order valence-electron chi connectivity index (χ3n) is 4.98. The van der Waals surface area contributed by atoms with E-state index in [9.17, 15) is 4.79 Å². The number of methoxy groups -OCH3 is 1. The second kappa shape index (κ2) is 8.73. The third-order valence-corrected chi connectivity index (χ3v) is 9.34. The minimum Gasteiger partial charge on any atom is -0.544 e. The van der Waals surface area contributed by atoms with Crippen LogP contribution >= 0.6 is 0 Å². The SMILES string of the molecule is C#C[C@@H]1O[C@H]1[C@H](C)CC/C=C(\C=C\C(=O)OC)O[Si](C)(C)C(C)(C)C. The van der Waals surface area contributed by atoms with Gasteiger partial charge in [0.25, 0.3) is 0 Å². The van der Waals surface area contributed by atoms with Gasteiger partial charge >= 0.3 is 5.97 Å². The van der Waals surface area contributed by atoms with Gasteiger partial charge in [-0.05, 0) is 49.0 Å². The standard InChI is InChI=1S/C20H32O4Si/c1-9-17-19(23-17)15(2)11-10-12-16(13-14-18(21)22-6)24-25(7,8)20(3,4)5/h1,12-15,17,19H,10-11H2,2-8H3/b14-13+,16-12+/t15-,17+,19+/m1/s1. The van der Waals surface area contributed by atoms with Crippen LogP contribution in [0.5, 0.6) is 0 Å². The molecule has 0 bridgehead atoms. The number of esters is 1. The number of hydrogen-bond acceptors (Lipinski definition) is 4. The molecular weight excluding hydrogens is 332 g/mol. The van der Waals surface area contributed by atoms with Crippen LogP contribution in [-0.2, 0) is 18.7 Å². The number of carbonyl (C=O) groups is 1. The van der Waals surface area contributed by atoms with Crippen molar-refractivity contribution in [3.8, 4) is 12.3 Å². The molecule has 0 aliphatic carbocycles. The molecule has 0 aromatic carbocycles. The monoisotopic (exact) mass is 364 g/mol. The number of terminal acetylenes is 1. The Labute approximate surface area is 153 Å². The predicted molar refractivity (Wildman–Crippen MR) is 103 cm³/mol. The van der Waals surface area contributed by atoms with E-state index in [1.165, 1.54) is 13.2 Å². The van der Waals surface area contributed by atoms with Crippen molar-refractivity contribution in [2.75, 3.05) is 7.11 Å². The van der Waals surface area contributed by atoms with E-state index in [1.54, 1.807) is 6.08 Å². The van der Waals surface area contributed by atoms with E-state index >= 15 is 0 Å². The molecule has 0 N–H and O–H groups in total. The number of epoxide rings is 1. The van der Waals surface area contributed by atoms with Gasteiger partial charge in [-0.1, -0.05) is 33.6 Å². The molecule has 1 aliphatic rings. The molecule has 1 aliphatic heterocycles. The zero-order chi connectivity index (χ0) is 19.3. The lowest BCUT2D eigenvalue weighted by atomic mass is 9.99. The quantitative estimate of drug-likeness (QED) is 0.121. The van der Waals surface area contributed by atoms with E-state index in [-0.39, 0.29) is 23.2 Å². The molecule has 140 valence electrons. The molecule has 0 spiro atoms. The highest BCUT2D eigenvalue weighted by Gasteiger charge is 2.41. The summed E-state index contributed by atoms with van der Waals surface area (Å²) >= 11 is 0. The van der Waals surface area contributed by atoms with Crippen LogP contribution < -0.4 is 0 Å². The van der Waals surface area contributed by atoms with Crippen molar-refractivity contribution in [3.63, 3.8) is 0 Å². The summed E-state index contributed by atoms with van der Waals surface area (Å²) in [5, 5.41) is 0.0837. The Bertz CT molecular complexity index is 563. The van der Waals surface area contributed by atoms with Crippen LogP contribution in [0.2, 0.25) is 18.1 Å². The average Bonchev–Trinajstić information content (AvgIpc) is 3.30. The van der Waals surface area contributed by atoms with Crippen molar-refractivity contribution in [2.24, 2.45) is 5.92 Å². The van der Waals surface area contributed by atoms with Gasteiger partial charge in [0.15, 0.2) is 0 Å². The minimum atomic E-state index is -1.98. The lowest BCUT2D eigenvalue weighted by molar-refractivity contribution is -0.134. The van der Waals surface area contributed by atoms with Gasteiger partial charge in [0.1, 0.15) is 6.10 Å². The van der Waals surface area contributed by atoms with Crippen LogP contribution in [0, 0.1) is 18.3 Å². The van der Waals surface area contributed by atoms with Crippen molar-refractivity contribution < 1.29 is 18.7 Å². The number of hydrogen-bond donors (Lipinski definition) is 0. The molecule has 4 nitrogen and oxygen atoms in total. The van der Waals surface area contributed by atoms with Crippen LogP contribution in [0.1, 0.15) is 40.5 Å². The molecule has 0 amide bonds. The van der Waals surface area contributed by atoms with Gasteiger partial charge in [0.05, 0.1) is 19.0 Å². The smallest absolute Gasteiger partial charge is 0.330 e. The van der Waals surface area contributed by atoms with Gasteiger partial charge < -0.3 is 13.9 Å². The second-order valence-electron chi connectivity index (χ2n) is 8.07. The van der Waals surface area contributed by atoms with Gasteiger partial charge in [-0.3, -0.25) is 0 Å². The molecule has 25 heavy (non-hydrogen) atoms. The van der Waals surface area contributed by atoms with Crippen LogP contribution in [-0.4, -0.2) is 33.6 Å². The molecular formula is C20H32O4Si. The zero-order valence-corrected chi connectivity index (χ0v) is 17.6. The lowest BCUT2D eigenvalue weighted by Gasteiger charge is -2.36. The van der Waals surface area contributed by atoms with E-state index in [4.69, 9.17) is 15.6 Å². The van der Waals surface area contributed by atoms with E-state index < -0.39 is 8.32 Å². The van der Waals surface area contributed by atoms with Gasteiger partial charge in [-0.25, -0.2) is 4.79 Å². The van der Waals surface area contributed by atoms with Crippen molar-refractivity contribution in [1.82, 2.24) is 0 Å². The van der Waals surface area contributed by atoms with Crippen LogP contribution in [0.15, 0.2) is 24.0 Å². The Balaban J connectivity index is 2.75. The van der Waals surface area contributed by atoms with Gasteiger partial charge in [-0.2, -0.15) is 0 Å². The lowest BCUT2D eigenvalue weighted by Crippen LogP contribution is -2.40. The van der Waals surface area contributed by atoms with Crippen LogP contribution in [0.25, 0.3) is 0 Å². The van der Waals surface area contributed by atoms with Gasteiger partial charge in [0, 0.05) is 6.08 Å². The summed E-state index contributed by atoms with van der Waals surface area (Å²) in [5.41, 5.74) is 0. The summed E-state index contributed by atoms with van der Waals surface area (Å²) < 4.78 is 16.5. The first-order valence-corrected chi connectivity index (χ1v) is 11.7. The maximum absolute atomic E-state index is 11.4. The Hall–Kier alpha value is -1.51. The molecule has 1 heterocycles. The van der Waals surface area contributed by atoms with Crippen molar-refractivity contribution in [1.29, 1.82) is 0 Å². The molecule has 0 aromatic heterocycles. The molecule has 0 aromatic rings. The fourth-order valence-corrected chi connectivity index (χ4v) is 3.20. The molecule has 0 radical (unpaired) electrons. The number of carbonyl (C=O) groups excluding carboxylic acids is 1. The molecule has 1 rings (SSSR count). The van der Waals surface area contributed by atoms with E-state index in [0.717, 1.165) is 18.6 Å². The predicted octanol–water partition coefficient (Wildman–Crippen LogP) is 4.44. The fraction of sp³-hybridized carbons (Fsp3) is 0.650. The number of allylic oxidation sites excluding steroid dienone is 2. The summed E-state index contributed by atoms with van der Waals surface area (Å²) in [6, 6.07) is 0. The summed E-state index contributed by atoms with van der Waals surface area (Å²) in [4.78, 5) is 11.4. The first-order chi connectivity index (χ1) is 11.5. The maximum Gasteiger partial charge on any atom is 0.330 e. The molecule has 1 saturated heterocycles. The van der Waals surface area contributed by atoms with Crippen LogP contribution in [0.4, 0.5) is 0 Å². The Morgan fingerprint density at radius 1 is 1.36 bits per heavy atom. The van der Waals surface area contributed by atoms with Crippen LogP contribution in [0.3, 0.4) is 0 Å². The largest absolute Gasteiger partial charge is 0.544 e. The van der Waals surface area contributed by atoms with Crippen molar-refractivity contribution in [3.05, 3.63) is 24.0 Å². The molecule has 0 saturated carbocycles. The number of rotatable bonds is 8. The maximum atomic E-state index is 11.4. The Kier molecular flexibility index (Phi) is 7.52. The van der Waals surface area contributed by atoms with E-state index in [1.807, 2.05) is 6.08 Å². The average molecular weight is 365 g/mol. The normalized spacial score (nSPS) is 22.4.